The molecule has 0 fully saturated rings. The van der Waals surface area contributed by atoms with E-state index < -0.39 is 6.10 Å². The van der Waals surface area contributed by atoms with Gasteiger partial charge >= 0.3 is 0 Å². The summed E-state index contributed by atoms with van der Waals surface area (Å²) < 4.78 is 0. The maximum absolute atomic E-state index is 11.7. The highest BCUT2D eigenvalue weighted by Crippen LogP contribution is 2.14. The summed E-state index contributed by atoms with van der Waals surface area (Å²) in [6.07, 6.45) is -0.200. The SMILES string of the molecule is O=C(CCNC(=O)Cc1ccccc1)NCC(O)c1ccsc1. The first-order chi connectivity index (χ1) is 11.1. The molecule has 1 atom stereocenters. The van der Waals surface area contributed by atoms with E-state index in [1.54, 1.807) is 0 Å². The molecule has 1 unspecified atom stereocenters. The standard InChI is InChI=1S/C17H20N2O3S/c20-15(14-7-9-23-12-14)11-19-16(21)6-8-18-17(22)10-13-4-2-1-3-5-13/h1-5,7,9,12,15,20H,6,8,10-11H2,(H,18,22)(H,19,21). The molecule has 23 heavy (non-hydrogen) atoms. The summed E-state index contributed by atoms with van der Waals surface area (Å²) >= 11 is 1.50. The highest BCUT2D eigenvalue weighted by molar-refractivity contribution is 7.07. The molecule has 2 aromatic rings. The summed E-state index contributed by atoms with van der Waals surface area (Å²) in [5, 5.41) is 19.0. The fraction of sp³-hybridized carbons (Fsp3) is 0.294. The Morgan fingerprint density at radius 2 is 1.87 bits per heavy atom. The summed E-state index contributed by atoms with van der Waals surface area (Å²) in [6, 6.07) is 11.3. The van der Waals surface area contributed by atoms with Gasteiger partial charge in [0.05, 0.1) is 12.5 Å². The Balaban J connectivity index is 1.60. The van der Waals surface area contributed by atoms with Gasteiger partial charge < -0.3 is 15.7 Å². The smallest absolute Gasteiger partial charge is 0.224 e. The molecule has 2 rings (SSSR count). The van der Waals surface area contributed by atoms with Crippen molar-refractivity contribution in [3.8, 4) is 0 Å². The molecule has 1 aromatic heterocycles. The van der Waals surface area contributed by atoms with Crippen molar-refractivity contribution in [2.75, 3.05) is 13.1 Å². The topological polar surface area (TPSA) is 78.4 Å². The lowest BCUT2D eigenvalue weighted by molar-refractivity contribution is -0.122. The van der Waals surface area contributed by atoms with Crippen LogP contribution < -0.4 is 10.6 Å². The van der Waals surface area contributed by atoms with Gasteiger partial charge in [0.1, 0.15) is 0 Å². The van der Waals surface area contributed by atoms with Crippen molar-refractivity contribution in [1.82, 2.24) is 10.6 Å². The number of benzene rings is 1. The Kier molecular flexibility index (Phi) is 6.77. The van der Waals surface area contributed by atoms with Crippen molar-refractivity contribution in [3.63, 3.8) is 0 Å². The third kappa shape index (κ3) is 6.22. The normalized spacial score (nSPS) is 11.7. The first-order valence-corrected chi connectivity index (χ1v) is 8.37. The molecule has 3 N–H and O–H groups in total. The Bertz CT molecular complexity index is 614. The van der Waals surface area contributed by atoms with Gasteiger partial charge in [-0.25, -0.2) is 0 Å². The molecule has 1 aromatic carbocycles. The minimum atomic E-state index is -0.696. The Morgan fingerprint density at radius 1 is 1.09 bits per heavy atom. The first kappa shape index (κ1) is 17.2. The lowest BCUT2D eigenvalue weighted by Gasteiger charge is -2.11. The molecule has 0 radical (unpaired) electrons. The van der Waals surface area contributed by atoms with Crippen molar-refractivity contribution in [1.29, 1.82) is 0 Å². The van der Waals surface area contributed by atoms with Crippen LogP contribution >= 0.6 is 11.3 Å². The Morgan fingerprint density at radius 3 is 2.57 bits per heavy atom. The van der Waals surface area contributed by atoms with Crippen LogP contribution in [0, 0.1) is 0 Å². The second-order valence-corrected chi connectivity index (χ2v) is 5.92. The number of rotatable bonds is 8. The van der Waals surface area contributed by atoms with Gasteiger partial charge in [-0.05, 0) is 28.0 Å². The summed E-state index contributed by atoms with van der Waals surface area (Å²) in [7, 11) is 0. The molecule has 6 heteroatoms. The molecule has 1 heterocycles. The van der Waals surface area contributed by atoms with Crippen LogP contribution in [-0.2, 0) is 16.0 Å². The van der Waals surface area contributed by atoms with E-state index in [0.717, 1.165) is 11.1 Å². The van der Waals surface area contributed by atoms with Crippen molar-refractivity contribution >= 4 is 23.2 Å². The molecule has 5 nitrogen and oxygen atoms in total. The van der Waals surface area contributed by atoms with Gasteiger partial charge in [0.25, 0.3) is 0 Å². The Hall–Kier alpha value is -2.18. The summed E-state index contributed by atoms with van der Waals surface area (Å²) in [4.78, 5) is 23.4. The number of nitrogens with one attached hydrogen (secondary N) is 2. The third-order valence-electron chi connectivity index (χ3n) is 3.30. The molecule has 0 spiro atoms. The number of thiophene rings is 1. The highest BCUT2D eigenvalue weighted by Gasteiger charge is 2.10. The second-order valence-electron chi connectivity index (χ2n) is 5.14. The van der Waals surface area contributed by atoms with Crippen LogP contribution in [0.2, 0.25) is 0 Å². The molecule has 0 bridgehead atoms. The molecular formula is C17H20N2O3S. The average molecular weight is 332 g/mol. The number of carbonyl (C=O) groups is 2. The van der Waals surface area contributed by atoms with E-state index in [9.17, 15) is 14.7 Å². The third-order valence-corrected chi connectivity index (χ3v) is 4.00. The average Bonchev–Trinajstić information content (AvgIpc) is 3.08. The van der Waals surface area contributed by atoms with Gasteiger partial charge in [-0.3, -0.25) is 9.59 Å². The molecular weight excluding hydrogens is 312 g/mol. The van der Waals surface area contributed by atoms with Crippen molar-refractivity contribution in [3.05, 3.63) is 58.3 Å². The quantitative estimate of drug-likeness (QED) is 0.688. The van der Waals surface area contributed by atoms with Gasteiger partial charge in [0, 0.05) is 19.5 Å². The first-order valence-electron chi connectivity index (χ1n) is 7.42. The van der Waals surface area contributed by atoms with Gasteiger partial charge in [-0.2, -0.15) is 11.3 Å². The van der Waals surface area contributed by atoms with Gasteiger partial charge in [0.2, 0.25) is 11.8 Å². The zero-order valence-corrected chi connectivity index (χ0v) is 13.5. The Labute approximate surface area is 139 Å². The zero-order chi connectivity index (χ0) is 16.5. The molecule has 0 saturated carbocycles. The van der Waals surface area contributed by atoms with Gasteiger partial charge in [-0.1, -0.05) is 30.3 Å². The van der Waals surface area contributed by atoms with Crippen molar-refractivity contribution < 1.29 is 14.7 Å². The molecule has 122 valence electrons. The van der Waals surface area contributed by atoms with Crippen molar-refractivity contribution in [2.45, 2.75) is 18.9 Å². The van der Waals surface area contributed by atoms with Gasteiger partial charge in [-0.15, -0.1) is 0 Å². The number of hydrogen-bond acceptors (Lipinski definition) is 4. The second kappa shape index (κ2) is 9.07. The van der Waals surface area contributed by atoms with E-state index >= 15 is 0 Å². The summed E-state index contributed by atoms with van der Waals surface area (Å²) in [5.41, 5.74) is 1.74. The monoisotopic (exact) mass is 332 g/mol. The van der Waals surface area contributed by atoms with Crippen LogP contribution in [0.3, 0.4) is 0 Å². The maximum atomic E-state index is 11.7. The largest absolute Gasteiger partial charge is 0.387 e. The lowest BCUT2D eigenvalue weighted by Crippen LogP contribution is -2.33. The van der Waals surface area contributed by atoms with E-state index in [2.05, 4.69) is 10.6 Å². The van der Waals surface area contributed by atoms with Crippen molar-refractivity contribution in [2.24, 2.45) is 0 Å². The van der Waals surface area contributed by atoms with Crippen LogP contribution in [0.15, 0.2) is 47.2 Å². The minimum absolute atomic E-state index is 0.109. The van der Waals surface area contributed by atoms with Crippen LogP contribution in [0.1, 0.15) is 23.7 Å². The van der Waals surface area contributed by atoms with Crippen LogP contribution in [0.4, 0.5) is 0 Å². The number of amides is 2. The van der Waals surface area contributed by atoms with Crippen LogP contribution in [0.5, 0.6) is 0 Å². The molecule has 0 saturated heterocycles. The van der Waals surface area contributed by atoms with E-state index in [0.29, 0.717) is 6.42 Å². The minimum Gasteiger partial charge on any atom is -0.387 e. The predicted octanol–water partition coefficient (Wildman–Crippen LogP) is 1.65. The zero-order valence-electron chi connectivity index (χ0n) is 12.7. The van der Waals surface area contributed by atoms with Crippen LogP contribution in [-0.4, -0.2) is 30.0 Å². The molecule has 0 aliphatic heterocycles. The molecule has 0 aliphatic rings. The van der Waals surface area contributed by atoms with E-state index in [-0.39, 0.29) is 31.3 Å². The summed E-state index contributed by atoms with van der Waals surface area (Å²) in [5.74, 6) is -0.304. The fourth-order valence-electron chi connectivity index (χ4n) is 2.04. The summed E-state index contributed by atoms with van der Waals surface area (Å²) in [6.45, 7) is 0.458. The number of hydrogen-bond donors (Lipinski definition) is 3. The highest BCUT2D eigenvalue weighted by atomic mass is 32.1. The molecule has 0 aliphatic carbocycles. The van der Waals surface area contributed by atoms with E-state index in [1.165, 1.54) is 11.3 Å². The van der Waals surface area contributed by atoms with Gasteiger partial charge in [0.15, 0.2) is 0 Å². The number of aliphatic hydroxyl groups is 1. The van der Waals surface area contributed by atoms with Crippen LogP contribution in [0.25, 0.3) is 0 Å². The fourth-order valence-corrected chi connectivity index (χ4v) is 2.75. The molecule has 2 amide bonds. The number of aliphatic hydroxyl groups excluding tert-OH is 1. The number of carbonyl (C=O) groups excluding carboxylic acids is 2. The predicted molar refractivity (Wildman–Crippen MR) is 90.1 cm³/mol. The van der Waals surface area contributed by atoms with E-state index in [1.807, 2.05) is 47.2 Å². The van der Waals surface area contributed by atoms with E-state index in [4.69, 9.17) is 0 Å². The maximum Gasteiger partial charge on any atom is 0.224 e. The lowest BCUT2D eigenvalue weighted by atomic mass is 10.1.